The Kier molecular flexibility index (Phi) is 4.60. The quantitative estimate of drug-likeness (QED) is 0.295. The molecule has 39 heavy (non-hydrogen) atoms. The molecule has 10 heteroatoms. The first-order valence-corrected chi connectivity index (χ1v) is 13.4. The standard InChI is InChI=1S/C29H22ClFN6O2/c30-18-3-1-15-11-29(7-8-29)35-28(39)25-17(24(15)26(18)31)10-23(38)37-21(25)5-6-22(37)27-32-13-20(34-27)14-2-4-19-16(9-14)12-33-36-19/h1-4,9-10,12-13,22H,5-8,11H2,(H,32,34)(H,33,36)(H,35,39)/t22-/m1/s1. The normalized spacial score (nSPS) is 18.8. The number of nitrogens with one attached hydrogen (secondary N) is 3. The van der Waals surface area contributed by atoms with Gasteiger partial charge in [-0.25, -0.2) is 9.37 Å². The van der Waals surface area contributed by atoms with E-state index < -0.39 is 5.82 Å². The zero-order valence-electron chi connectivity index (χ0n) is 20.6. The molecule has 3 aliphatic rings. The summed E-state index contributed by atoms with van der Waals surface area (Å²) in [7, 11) is 0. The molecule has 3 N–H and O–H groups in total. The van der Waals surface area contributed by atoms with Crippen molar-refractivity contribution >= 4 is 28.4 Å². The average Bonchev–Trinajstić information content (AvgIpc) is 3.31. The summed E-state index contributed by atoms with van der Waals surface area (Å²) in [6.45, 7) is 0. The summed E-state index contributed by atoms with van der Waals surface area (Å²) >= 11 is 6.19. The fourth-order valence-corrected chi connectivity index (χ4v) is 6.49. The largest absolute Gasteiger partial charge is 0.346 e. The van der Waals surface area contributed by atoms with Crippen LogP contribution < -0.4 is 10.9 Å². The molecule has 1 fully saturated rings. The van der Waals surface area contributed by atoms with Gasteiger partial charge in [0.2, 0.25) is 0 Å². The molecule has 1 amide bonds. The van der Waals surface area contributed by atoms with E-state index in [0.717, 1.165) is 40.6 Å². The van der Waals surface area contributed by atoms with Crippen molar-refractivity contribution in [3.8, 4) is 22.4 Å². The highest BCUT2D eigenvalue weighted by molar-refractivity contribution is 6.31. The Morgan fingerprint density at radius 3 is 2.79 bits per heavy atom. The zero-order chi connectivity index (χ0) is 26.5. The van der Waals surface area contributed by atoms with E-state index in [1.165, 1.54) is 6.07 Å². The molecule has 0 saturated heterocycles. The second kappa shape index (κ2) is 7.89. The average molecular weight is 541 g/mol. The molecule has 2 aliphatic heterocycles. The first-order chi connectivity index (χ1) is 18.9. The van der Waals surface area contributed by atoms with Crippen LogP contribution in [0.4, 0.5) is 4.39 Å². The molecule has 5 heterocycles. The van der Waals surface area contributed by atoms with Gasteiger partial charge < -0.3 is 14.9 Å². The number of benzene rings is 2. The summed E-state index contributed by atoms with van der Waals surface area (Å²) in [5.41, 5.74) is 4.29. The van der Waals surface area contributed by atoms with Crippen LogP contribution in [0.15, 0.2) is 53.6 Å². The van der Waals surface area contributed by atoms with E-state index in [4.69, 9.17) is 11.6 Å². The van der Waals surface area contributed by atoms with E-state index in [9.17, 15) is 9.59 Å². The minimum absolute atomic E-state index is 0.0271. The molecule has 1 spiro atoms. The van der Waals surface area contributed by atoms with Crippen molar-refractivity contribution in [2.45, 2.75) is 43.7 Å². The number of carbonyl (C=O) groups excluding carboxylic acids is 1. The number of fused-ring (bicyclic) bond motifs is 6. The fraction of sp³-hybridized carbons (Fsp3) is 0.241. The highest BCUT2D eigenvalue weighted by Crippen LogP contribution is 2.46. The number of hydrogen-bond acceptors (Lipinski definition) is 4. The van der Waals surface area contributed by atoms with E-state index >= 15 is 4.39 Å². The van der Waals surface area contributed by atoms with E-state index in [1.54, 1.807) is 29.1 Å². The number of aromatic amines is 2. The molecule has 0 radical (unpaired) electrons. The summed E-state index contributed by atoms with van der Waals surface area (Å²) in [5, 5.41) is 11.2. The number of aromatic nitrogens is 5. The molecule has 2 aromatic carbocycles. The van der Waals surface area contributed by atoms with Crippen LogP contribution in [0.25, 0.3) is 33.3 Å². The number of nitrogens with zero attached hydrogens (tertiary/aromatic N) is 3. The topological polar surface area (TPSA) is 108 Å². The molecule has 1 aliphatic carbocycles. The Bertz CT molecular complexity index is 1920. The van der Waals surface area contributed by atoms with Crippen LogP contribution in [0.5, 0.6) is 0 Å². The summed E-state index contributed by atoms with van der Waals surface area (Å²) < 4.78 is 17.2. The molecular weight excluding hydrogens is 519 g/mol. The molecule has 5 aromatic rings. The predicted octanol–water partition coefficient (Wildman–Crippen LogP) is 4.93. The van der Waals surface area contributed by atoms with Crippen molar-refractivity contribution in [1.82, 2.24) is 30.0 Å². The number of hydrogen-bond donors (Lipinski definition) is 3. The number of carbonyl (C=O) groups is 1. The first-order valence-electron chi connectivity index (χ1n) is 13.0. The Labute approximate surface area is 226 Å². The first kappa shape index (κ1) is 22.7. The van der Waals surface area contributed by atoms with Gasteiger partial charge in [-0.3, -0.25) is 14.7 Å². The van der Waals surface area contributed by atoms with Gasteiger partial charge in [-0.1, -0.05) is 23.7 Å². The molecule has 3 aromatic heterocycles. The SMILES string of the molecule is O=C1NC2(CC2)Cc2ccc(Cl)c(F)c2-c2cc(=O)n3c(c21)CC[C@@H]3c1ncc(-c2ccc3[nH]ncc3c2)[nH]1. The van der Waals surface area contributed by atoms with Gasteiger partial charge in [0.15, 0.2) is 0 Å². The molecule has 0 unspecified atom stereocenters. The summed E-state index contributed by atoms with van der Waals surface area (Å²) in [6, 6.07) is 10.3. The molecule has 194 valence electrons. The van der Waals surface area contributed by atoms with Gasteiger partial charge in [0.05, 0.1) is 40.2 Å². The third kappa shape index (κ3) is 3.35. The lowest BCUT2D eigenvalue weighted by atomic mass is 9.88. The summed E-state index contributed by atoms with van der Waals surface area (Å²) in [4.78, 5) is 35.3. The van der Waals surface area contributed by atoms with Gasteiger partial charge in [-0.2, -0.15) is 5.10 Å². The van der Waals surface area contributed by atoms with Gasteiger partial charge in [0.1, 0.15) is 11.6 Å². The summed E-state index contributed by atoms with van der Waals surface area (Å²) in [6.07, 6.45) is 6.75. The lowest BCUT2D eigenvalue weighted by Gasteiger charge is -2.27. The van der Waals surface area contributed by atoms with Crippen LogP contribution in [0, 0.1) is 5.82 Å². The molecule has 1 atom stereocenters. The monoisotopic (exact) mass is 540 g/mol. The minimum atomic E-state index is -0.593. The van der Waals surface area contributed by atoms with E-state index in [-0.39, 0.29) is 33.6 Å². The Morgan fingerprint density at radius 1 is 1.08 bits per heavy atom. The van der Waals surface area contributed by atoms with Crippen molar-refractivity contribution in [1.29, 1.82) is 0 Å². The second-order valence-electron chi connectivity index (χ2n) is 10.8. The highest BCUT2D eigenvalue weighted by Gasteiger charge is 2.47. The second-order valence-corrected chi connectivity index (χ2v) is 11.2. The lowest BCUT2D eigenvalue weighted by molar-refractivity contribution is 0.0929. The number of amides is 1. The number of imidazole rings is 1. The Balaban J connectivity index is 1.27. The van der Waals surface area contributed by atoms with Gasteiger partial charge in [0, 0.05) is 39.4 Å². The van der Waals surface area contributed by atoms with Crippen LogP contribution >= 0.6 is 11.6 Å². The van der Waals surface area contributed by atoms with Gasteiger partial charge >= 0.3 is 0 Å². The van der Waals surface area contributed by atoms with E-state index in [0.29, 0.717) is 41.9 Å². The highest BCUT2D eigenvalue weighted by atomic mass is 35.5. The van der Waals surface area contributed by atoms with E-state index in [2.05, 4.69) is 25.5 Å². The van der Waals surface area contributed by atoms with Crippen LogP contribution in [-0.2, 0) is 12.8 Å². The number of pyridine rings is 1. The fourth-order valence-electron chi connectivity index (χ4n) is 6.33. The van der Waals surface area contributed by atoms with Gasteiger partial charge in [-0.05, 0) is 55.9 Å². The van der Waals surface area contributed by atoms with Crippen LogP contribution in [-0.4, -0.2) is 36.2 Å². The number of H-pyrrole nitrogens is 2. The third-order valence-corrected chi connectivity index (χ3v) is 8.71. The van der Waals surface area contributed by atoms with E-state index in [1.807, 2.05) is 18.2 Å². The maximum atomic E-state index is 15.5. The van der Waals surface area contributed by atoms with Crippen LogP contribution in [0.2, 0.25) is 5.02 Å². The molecule has 8 rings (SSSR count). The summed E-state index contributed by atoms with van der Waals surface area (Å²) in [5.74, 6) is -0.229. The van der Waals surface area contributed by atoms with Crippen molar-refractivity contribution in [2.24, 2.45) is 0 Å². The van der Waals surface area contributed by atoms with Crippen LogP contribution in [0.1, 0.15) is 52.7 Å². The van der Waals surface area contributed by atoms with Crippen molar-refractivity contribution in [3.05, 3.63) is 92.6 Å². The van der Waals surface area contributed by atoms with Crippen molar-refractivity contribution in [2.75, 3.05) is 0 Å². The lowest BCUT2D eigenvalue weighted by Crippen LogP contribution is -2.41. The third-order valence-electron chi connectivity index (χ3n) is 8.42. The predicted molar refractivity (Wildman–Crippen MR) is 144 cm³/mol. The maximum absolute atomic E-state index is 15.5. The molecule has 0 bridgehead atoms. The Morgan fingerprint density at radius 2 is 1.95 bits per heavy atom. The molecule has 1 saturated carbocycles. The number of halogens is 2. The molecular formula is C29H22ClFN6O2. The zero-order valence-corrected chi connectivity index (χ0v) is 21.4. The minimum Gasteiger partial charge on any atom is -0.346 e. The van der Waals surface area contributed by atoms with Crippen molar-refractivity contribution < 1.29 is 9.18 Å². The van der Waals surface area contributed by atoms with Crippen molar-refractivity contribution in [3.63, 3.8) is 0 Å². The Hall–Kier alpha value is -4.24. The smallest absolute Gasteiger partial charge is 0.254 e. The van der Waals surface area contributed by atoms with Gasteiger partial charge in [0.25, 0.3) is 11.5 Å². The van der Waals surface area contributed by atoms with Crippen LogP contribution in [0.3, 0.4) is 0 Å². The number of rotatable bonds is 2. The molecule has 8 nitrogen and oxygen atoms in total. The van der Waals surface area contributed by atoms with Gasteiger partial charge in [-0.15, -0.1) is 0 Å². The maximum Gasteiger partial charge on any atom is 0.254 e.